The fourth-order valence-corrected chi connectivity index (χ4v) is 5.20. The number of hydrogen-bond donors (Lipinski definition) is 1. The summed E-state index contributed by atoms with van der Waals surface area (Å²) in [7, 11) is -3.63. The van der Waals surface area contributed by atoms with Crippen molar-refractivity contribution in [2.24, 2.45) is 0 Å². The van der Waals surface area contributed by atoms with Crippen molar-refractivity contribution >= 4 is 44.3 Å². The van der Waals surface area contributed by atoms with Gasteiger partial charge >= 0.3 is 0 Å². The number of nitrogens with zero attached hydrogens (tertiary/aromatic N) is 2. The topological polar surface area (TPSA) is 81.1 Å². The largest absolute Gasteiger partial charge is 0.268 e. The molecule has 0 bridgehead atoms. The Bertz CT molecular complexity index is 994. The van der Waals surface area contributed by atoms with Crippen molar-refractivity contribution in [2.75, 3.05) is 6.54 Å². The predicted octanol–water partition coefficient (Wildman–Crippen LogP) is 2.67. The average molecular weight is 402 g/mol. The molecule has 0 saturated heterocycles. The van der Waals surface area contributed by atoms with Gasteiger partial charge in [-0.15, -0.1) is 22.7 Å². The molecule has 3 heterocycles. The summed E-state index contributed by atoms with van der Waals surface area (Å²) >= 11 is 8.25. The molecule has 3 aromatic heterocycles. The van der Waals surface area contributed by atoms with E-state index in [2.05, 4.69) is 9.82 Å². The van der Waals surface area contributed by atoms with E-state index < -0.39 is 10.0 Å². The van der Waals surface area contributed by atoms with Crippen molar-refractivity contribution in [1.82, 2.24) is 14.5 Å². The Labute approximate surface area is 151 Å². The molecule has 0 fully saturated rings. The van der Waals surface area contributed by atoms with Crippen molar-refractivity contribution in [2.45, 2.75) is 10.8 Å². The van der Waals surface area contributed by atoms with Gasteiger partial charge in [0, 0.05) is 12.6 Å². The summed E-state index contributed by atoms with van der Waals surface area (Å²) in [5.74, 6) is 0. The molecule has 0 aromatic carbocycles. The van der Waals surface area contributed by atoms with Crippen molar-refractivity contribution in [1.29, 1.82) is 0 Å². The molecule has 0 aliphatic carbocycles. The highest BCUT2D eigenvalue weighted by atomic mass is 35.5. The number of rotatable bonds is 6. The predicted molar refractivity (Wildman–Crippen MR) is 96.3 cm³/mol. The highest BCUT2D eigenvalue weighted by molar-refractivity contribution is 7.91. The van der Waals surface area contributed by atoms with Gasteiger partial charge in [-0.1, -0.05) is 17.7 Å². The maximum atomic E-state index is 12.1. The first-order valence-electron chi connectivity index (χ1n) is 6.83. The maximum Gasteiger partial charge on any atom is 0.266 e. The van der Waals surface area contributed by atoms with E-state index in [1.165, 1.54) is 34.2 Å². The number of nitrogens with one attached hydrogen (secondary N) is 1. The van der Waals surface area contributed by atoms with E-state index in [0.717, 1.165) is 16.2 Å². The molecule has 126 valence electrons. The second kappa shape index (κ2) is 7.16. The molecule has 6 nitrogen and oxygen atoms in total. The van der Waals surface area contributed by atoms with E-state index in [0.29, 0.717) is 10.0 Å². The van der Waals surface area contributed by atoms with Crippen LogP contribution in [0.2, 0.25) is 4.34 Å². The molecule has 1 N–H and O–H groups in total. The molecule has 3 aromatic rings. The zero-order chi connectivity index (χ0) is 17.2. The van der Waals surface area contributed by atoms with Gasteiger partial charge in [-0.2, -0.15) is 5.10 Å². The number of halogens is 1. The molecule has 0 amide bonds. The summed E-state index contributed by atoms with van der Waals surface area (Å²) in [6.07, 6.45) is 0. The molecule has 0 saturated carbocycles. The third-order valence-corrected chi connectivity index (χ3v) is 7.15. The van der Waals surface area contributed by atoms with Gasteiger partial charge in [0.1, 0.15) is 9.90 Å². The van der Waals surface area contributed by atoms with E-state index in [1.54, 1.807) is 6.07 Å². The number of aromatic nitrogens is 2. The first-order chi connectivity index (χ1) is 11.5. The van der Waals surface area contributed by atoms with Crippen LogP contribution in [0.15, 0.2) is 50.8 Å². The molecule has 0 unspecified atom stereocenters. The van der Waals surface area contributed by atoms with Crippen molar-refractivity contribution < 1.29 is 8.42 Å². The van der Waals surface area contributed by atoms with Crippen LogP contribution in [0.25, 0.3) is 10.6 Å². The highest BCUT2D eigenvalue weighted by Crippen LogP contribution is 2.25. The number of hydrogen-bond acceptors (Lipinski definition) is 6. The second-order valence-electron chi connectivity index (χ2n) is 4.71. The van der Waals surface area contributed by atoms with E-state index in [-0.39, 0.29) is 22.9 Å². The van der Waals surface area contributed by atoms with Gasteiger partial charge < -0.3 is 0 Å². The van der Waals surface area contributed by atoms with Crippen LogP contribution in [0.1, 0.15) is 0 Å². The normalized spacial score (nSPS) is 11.7. The standard InChI is InChI=1S/C14H12ClN3O3S3/c15-12-4-6-14(23-12)24(20,21)16-7-8-18-13(19)5-3-10(17-18)11-2-1-9-22-11/h1-6,9,16H,7-8H2. The van der Waals surface area contributed by atoms with Crippen LogP contribution in [-0.4, -0.2) is 24.7 Å². The van der Waals surface area contributed by atoms with Gasteiger partial charge in [-0.25, -0.2) is 17.8 Å². The van der Waals surface area contributed by atoms with Crippen molar-refractivity contribution in [3.63, 3.8) is 0 Å². The third kappa shape index (κ3) is 3.93. The van der Waals surface area contributed by atoms with Crippen LogP contribution >= 0.6 is 34.3 Å². The van der Waals surface area contributed by atoms with Crippen LogP contribution in [0, 0.1) is 0 Å². The van der Waals surface area contributed by atoms with E-state index in [1.807, 2.05) is 17.5 Å². The van der Waals surface area contributed by atoms with Gasteiger partial charge in [0.2, 0.25) is 10.0 Å². The Morgan fingerprint density at radius 1 is 1.21 bits per heavy atom. The first kappa shape index (κ1) is 17.3. The lowest BCUT2D eigenvalue weighted by Crippen LogP contribution is -2.31. The molecule has 0 aliphatic rings. The van der Waals surface area contributed by atoms with Crippen molar-refractivity contribution in [3.05, 3.63) is 56.5 Å². The summed E-state index contributed by atoms with van der Waals surface area (Å²) in [5.41, 5.74) is 0.395. The minimum Gasteiger partial charge on any atom is -0.268 e. The van der Waals surface area contributed by atoms with E-state index >= 15 is 0 Å². The average Bonchev–Trinajstić information content (AvgIpc) is 3.20. The molecule has 24 heavy (non-hydrogen) atoms. The Hall–Kier alpha value is -1.52. The Morgan fingerprint density at radius 2 is 2.04 bits per heavy atom. The van der Waals surface area contributed by atoms with Gasteiger partial charge in [-0.05, 0) is 29.6 Å². The lowest BCUT2D eigenvalue weighted by molar-refractivity contribution is 0.550. The molecule has 0 radical (unpaired) electrons. The summed E-state index contributed by atoms with van der Waals surface area (Å²) in [6, 6.07) is 9.86. The molecule has 10 heteroatoms. The number of sulfonamides is 1. The third-order valence-electron chi connectivity index (χ3n) is 3.07. The number of thiophene rings is 2. The fourth-order valence-electron chi connectivity index (χ4n) is 1.96. The van der Waals surface area contributed by atoms with E-state index in [4.69, 9.17) is 11.6 Å². The Balaban J connectivity index is 1.71. The summed E-state index contributed by atoms with van der Waals surface area (Å²) in [5, 5.41) is 6.20. The Morgan fingerprint density at radius 3 is 2.71 bits per heavy atom. The lowest BCUT2D eigenvalue weighted by Gasteiger charge is -2.07. The fraction of sp³-hybridized carbons (Fsp3) is 0.143. The van der Waals surface area contributed by atoms with Crippen LogP contribution in [0.3, 0.4) is 0 Å². The van der Waals surface area contributed by atoms with Crippen LogP contribution in [0.4, 0.5) is 0 Å². The van der Waals surface area contributed by atoms with Gasteiger partial charge in [0.15, 0.2) is 0 Å². The minimum atomic E-state index is -3.63. The maximum absolute atomic E-state index is 12.1. The van der Waals surface area contributed by atoms with E-state index in [9.17, 15) is 13.2 Å². The highest BCUT2D eigenvalue weighted by Gasteiger charge is 2.16. The van der Waals surface area contributed by atoms with Gasteiger partial charge in [-0.3, -0.25) is 4.79 Å². The summed E-state index contributed by atoms with van der Waals surface area (Å²) < 4.78 is 28.5. The zero-order valence-corrected chi connectivity index (χ0v) is 15.4. The van der Waals surface area contributed by atoms with Gasteiger partial charge in [0.05, 0.1) is 15.8 Å². The summed E-state index contributed by atoms with van der Waals surface area (Å²) in [4.78, 5) is 12.8. The Kier molecular flexibility index (Phi) is 5.16. The first-order valence-corrected chi connectivity index (χ1v) is 10.4. The van der Waals surface area contributed by atoms with Gasteiger partial charge in [0.25, 0.3) is 5.56 Å². The zero-order valence-electron chi connectivity index (χ0n) is 12.2. The second-order valence-corrected chi connectivity index (χ2v) is 9.37. The minimum absolute atomic E-state index is 0.0542. The van der Waals surface area contributed by atoms with Crippen LogP contribution in [0.5, 0.6) is 0 Å². The quantitative estimate of drug-likeness (QED) is 0.688. The molecule has 0 aliphatic heterocycles. The SMILES string of the molecule is O=c1ccc(-c2cccs2)nn1CCNS(=O)(=O)c1ccc(Cl)s1. The molecule has 0 spiro atoms. The smallest absolute Gasteiger partial charge is 0.266 e. The molecular weight excluding hydrogens is 390 g/mol. The lowest BCUT2D eigenvalue weighted by atomic mass is 10.3. The molecule has 0 atom stereocenters. The summed E-state index contributed by atoms with van der Waals surface area (Å²) in [6.45, 7) is 0.190. The van der Waals surface area contributed by atoms with Crippen LogP contribution in [-0.2, 0) is 16.6 Å². The molecular formula is C14H12ClN3O3S3. The van der Waals surface area contributed by atoms with Crippen molar-refractivity contribution in [3.8, 4) is 10.6 Å². The molecule has 3 rings (SSSR count). The van der Waals surface area contributed by atoms with Crippen LogP contribution < -0.4 is 10.3 Å². The monoisotopic (exact) mass is 401 g/mol.